The molecule has 0 aliphatic carbocycles. The van der Waals surface area contributed by atoms with E-state index in [0.29, 0.717) is 18.1 Å². The van der Waals surface area contributed by atoms with E-state index >= 15 is 0 Å². The number of nitrogens with zero attached hydrogens (tertiary/aromatic N) is 5. The predicted molar refractivity (Wildman–Crippen MR) is 124 cm³/mol. The Bertz CT molecular complexity index is 1170. The minimum Gasteiger partial charge on any atom is -0.352 e. The fraction of sp³-hybridized carbons (Fsp3) is 0.391. The Hall–Kier alpha value is -2.84. The van der Waals surface area contributed by atoms with Crippen molar-refractivity contribution in [1.29, 1.82) is 0 Å². The van der Waals surface area contributed by atoms with Crippen LogP contribution in [0.15, 0.2) is 42.2 Å². The van der Waals surface area contributed by atoms with Gasteiger partial charge < -0.3 is 10.2 Å². The number of hydrogen-bond donors (Lipinski definition) is 2. The fourth-order valence-corrected chi connectivity index (χ4v) is 6.13. The summed E-state index contributed by atoms with van der Waals surface area (Å²) in [4.78, 5) is 7.05. The van der Waals surface area contributed by atoms with E-state index in [4.69, 9.17) is 0 Å². The molecule has 158 valence electrons. The van der Waals surface area contributed by atoms with E-state index in [-0.39, 0.29) is 0 Å². The first-order valence-corrected chi connectivity index (χ1v) is 11.9. The van der Waals surface area contributed by atoms with Crippen molar-refractivity contribution in [3.05, 3.63) is 42.2 Å². The highest BCUT2D eigenvalue weighted by atomic mass is 32.1. The normalized spacial score (nSPS) is 22.8. The Morgan fingerprint density at radius 3 is 2.61 bits per heavy atom. The topological polar surface area (TPSA) is 82.6 Å². The number of fused-ring (bicyclic) bond motifs is 3. The van der Waals surface area contributed by atoms with Crippen LogP contribution in [0.2, 0.25) is 0 Å². The van der Waals surface area contributed by atoms with Gasteiger partial charge in [0.2, 0.25) is 0 Å². The number of H-pyrrole nitrogens is 1. The maximum atomic E-state index is 4.66. The molecule has 2 bridgehead atoms. The lowest BCUT2D eigenvalue weighted by Crippen LogP contribution is -2.48. The molecule has 2 atom stereocenters. The number of benzene rings is 1. The highest BCUT2D eigenvalue weighted by Gasteiger charge is 2.36. The zero-order valence-electron chi connectivity index (χ0n) is 17.5. The average molecular weight is 432 g/mol. The third-order valence-corrected chi connectivity index (χ3v) is 7.60. The second kappa shape index (κ2) is 7.69. The first-order valence-electron chi connectivity index (χ1n) is 11.0. The molecule has 2 saturated heterocycles. The molecule has 0 amide bonds. The van der Waals surface area contributed by atoms with E-state index in [1.807, 2.05) is 17.9 Å². The number of piperidine rings is 1. The summed E-state index contributed by atoms with van der Waals surface area (Å²) in [5, 5.41) is 20.0. The molecule has 1 aromatic carbocycles. The molecule has 0 saturated carbocycles. The van der Waals surface area contributed by atoms with Gasteiger partial charge in [-0.25, -0.2) is 4.98 Å². The molecule has 2 N–H and O–H groups in total. The predicted octanol–water partition coefficient (Wildman–Crippen LogP) is 4.25. The van der Waals surface area contributed by atoms with E-state index in [1.165, 1.54) is 25.7 Å². The molecule has 2 unspecified atom stereocenters. The van der Waals surface area contributed by atoms with Gasteiger partial charge in [0.25, 0.3) is 0 Å². The van der Waals surface area contributed by atoms with Gasteiger partial charge in [0, 0.05) is 47.6 Å². The van der Waals surface area contributed by atoms with Gasteiger partial charge in [-0.2, -0.15) is 5.10 Å². The van der Waals surface area contributed by atoms with Crippen molar-refractivity contribution in [2.24, 2.45) is 0 Å². The Labute approximate surface area is 184 Å². The van der Waals surface area contributed by atoms with Gasteiger partial charge in [-0.05, 0) is 44.7 Å². The Morgan fingerprint density at radius 2 is 1.90 bits per heavy atom. The Kier molecular flexibility index (Phi) is 4.69. The Morgan fingerprint density at radius 1 is 1.06 bits per heavy atom. The molecule has 4 aromatic rings. The molecule has 5 heterocycles. The second-order valence-corrected chi connectivity index (χ2v) is 9.36. The van der Waals surface area contributed by atoms with E-state index in [2.05, 4.69) is 66.8 Å². The molecule has 0 spiro atoms. The maximum absolute atomic E-state index is 4.66. The largest absolute Gasteiger partial charge is 0.352 e. The number of aromatic nitrogens is 5. The third-order valence-electron chi connectivity index (χ3n) is 6.74. The number of rotatable bonds is 5. The van der Waals surface area contributed by atoms with Gasteiger partial charge in [-0.15, -0.1) is 21.5 Å². The van der Waals surface area contributed by atoms with Gasteiger partial charge >= 0.3 is 0 Å². The summed E-state index contributed by atoms with van der Waals surface area (Å²) in [6.45, 7) is 3.17. The summed E-state index contributed by atoms with van der Waals surface area (Å²) in [6.07, 6.45) is 8.74. The molecule has 2 aliphatic rings. The quantitative estimate of drug-likeness (QED) is 0.491. The van der Waals surface area contributed by atoms with Crippen LogP contribution in [-0.2, 0) is 0 Å². The first-order chi connectivity index (χ1) is 15.3. The standard InChI is InChI=1S/C23H25N7S/c1-2-30(17-9-15-3-4-16(10-17)27-15)21-8-7-20(28-29-21)19-6-5-18(14-11-25-26-12-14)22-23(19)31-13-24-22/h5-8,11-13,15-17,27H,2-4,9-10H2,1H3,(H,25,26). The summed E-state index contributed by atoms with van der Waals surface area (Å²) in [5.41, 5.74) is 6.96. The van der Waals surface area contributed by atoms with E-state index in [9.17, 15) is 0 Å². The van der Waals surface area contributed by atoms with Crippen LogP contribution in [0.25, 0.3) is 32.6 Å². The fourth-order valence-electron chi connectivity index (χ4n) is 5.29. The van der Waals surface area contributed by atoms with Gasteiger partial charge in [-0.1, -0.05) is 12.1 Å². The molecule has 31 heavy (non-hydrogen) atoms. The highest BCUT2D eigenvalue weighted by Crippen LogP contribution is 2.37. The molecule has 0 radical (unpaired) electrons. The summed E-state index contributed by atoms with van der Waals surface area (Å²) in [6, 6.07) is 10.3. The van der Waals surface area contributed by atoms with Crippen LogP contribution in [0.3, 0.4) is 0 Å². The van der Waals surface area contributed by atoms with Crippen LogP contribution in [0.5, 0.6) is 0 Å². The summed E-state index contributed by atoms with van der Waals surface area (Å²) in [5.74, 6) is 0.980. The van der Waals surface area contributed by atoms with Crippen molar-refractivity contribution in [3.63, 3.8) is 0 Å². The minimum atomic E-state index is 0.548. The van der Waals surface area contributed by atoms with Crippen molar-refractivity contribution in [1.82, 2.24) is 30.7 Å². The van der Waals surface area contributed by atoms with Crippen molar-refractivity contribution < 1.29 is 0 Å². The van der Waals surface area contributed by atoms with Gasteiger partial charge in [0.05, 0.1) is 27.6 Å². The minimum absolute atomic E-state index is 0.548. The molecule has 2 aliphatic heterocycles. The third kappa shape index (κ3) is 3.30. The molecule has 8 heteroatoms. The lowest BCUT2D eigenvalue weighted by molar-refractivity contribution is 0.347. The summed E-state index contributed by atoms with van der Waals surface area (Å²) >= 11 is 1.64. The number of nitrogens with one attached hydrogen (secondary N) is 2. The van der Waals surface area contributed by atoms with E-state index in [1.54, 1.807) is 11.3 Å². The first kappa shape index (κ1) is 18.9. The number of thiazole rings is 1. The van der Waals surface area contributed by atoms with Gasteiger partial charge in [0.15, 0.2) is 5.82 Å². The van der Waals surface area contributed by atoms with E-state index < -0.39 is 0 Å². The molecule has 7 nitrogen and oxygen atoms in total. The monoisotopic (exact) mass is 431 g/mol. The van der Waals surface area contributed by atoms with Crippen molar-refractivity contribution in [3.8, 4) is 22.4 Å². The number of anilines is 1. The van der Waals surface area contributed by atoms with Crippen LogP contribution in [-0.4, -0.2) is 50.0 Å². The molecular formula is C23H25N7S. The number of hydrogen-bond acceptors (Lipinski definition) is 7. The van der Waals surface area contributed by atoms with Crippen LogP contribution in [0.1, 0.15) is 32.6 Å². The van der Waals surface area contributed by atoms with Crippen LogP contribution < -0.4 is 10.2 Å². The lowest BCUT2D eigenvalue weighted by atomic mass is 9.98. The van der Waals surface area contributed by atoms with Crippen molar-refractivity contribution >= 4 is 27.4 Å². The molecule has 2 fully saturated rings. The SMILES string of the molecule is CCN(c1ccc(-c2ccc(-c3cn[nH]c3)c3ncsc23)nn1)C1CC2CCC(C1)N2. The zero-order valence-corrected chi connectivity index (χ0v) is 18.3. The van der Waals surface area contributed by atoms with Crippen LogP contribution in [0.4, 0.5) is 5.82 Å². The van der Waals surface area contributed by atoms with Crippen LogP contribution in [0, 0.1) is 0 Å². The molecule has 3 aromatic heterocycles. The average Bonchev–Trinajstić information content (AvgIpc) is 3.56. The zero-order chi connectivity index (χ0) is 20.8. The van der Waals surface area contributed by atoms with Crippen molar-refractivity contribution in [2.45, 2.75) is 50.7 Å². The van der Waals surface area contributed by atoms with Crippen molar-refractivity contribution in [2.75, 3.05) is 11.4 Å². The van der Waals surface area contributed by atoms with E-state index in [0.717, 1.165) is 45.0 Å². The summed E-state index contributed by atoms with van der Waals surface area (Å²) in [7, 11) is 0. The molecule has 6 rings (SSSR count). The van der Waals surface area contributed by atoms with Gasteiger partial charge in [-0.3, -0.25) is 5.10 Å². The lowest BCUT2D eigenvalue weighted by Gasteiger charge is -2.37. The second-order valence-electron chi connectivity index (χ2n) is 8.50. The van der Waals surface area contributed by atoms with Crippen LogP contribution >= 0.6 is 11.3 Å². The maximum Gasteiger partial charge on any atom is 0.151 e. The van der Waals surface area contributed by atoms with Gasteiger partial charge in [0.1, 0.15) is 0 Å². The number of aromatic amines is 1. The highest BCUT2D eigenvalue weighted by molar-refractivity contribution is 7.17. The Balaban J connectivity index is 1.31. The summed E-state index contributed by atoms with van der Waals surface area (Å²) < 4.78 is 1.13. The molecular weight excluding hydrogens is 406 g/mol. The smallest absolute Gasteiger partial charge is 0.151 e.